The topological polar surface area (TPSA) is 89.7 Å². The number of carbonyl (C=O) groups excluding carboxylic acids is 1. The maximum atomic E-state index is 12.9. The van der Waals surface area contributed by atoms with Crippen molar-refractivity contribution in [3.05, 3.63) is 29.3 Å². The van der Waals surface area contributed by atoms with Gasteiger partial charge in [-0.25, -0.2) is 8.42 Å². The van der Waals surface area contributed by atoms with Crippen LogP contribution in [0.15, 0.2) is 29.2 Å². The van der Waals surface area contributed by atoms with Crippen LogP contribution in [0.3, 0.4) is 0 Å². The Bertz CT molecular complexity index is 736. The molecule has 1 aromatic carbocycles. The van der Waals surface area contributed by atoms with Crippen LogP contribution in [0.4, 0.5) is 13.2 Å². The molecule has 0 bridgehead atoms. The predicted molar refractivity (Wildman–Crippen MR) is 88.0 cm³/mol. The van der Waals surface area contributed by atoms with Crippen molar-refractivity contribution >= 4 is 27.5 Å². The summed E-state index contributed by atoms with van der Waals surface area (Å²) in [5.41, 5.74) is 5.23. The SMILES string of the molecule is NC(=O)[C@@H](CCC(F)(F)F)N(C[C@H]1CCO1)S(=O)(=O)c1ccc(Cl)cc1. The van der Waals surface area contributed by atoms with Crippen molar-refractivity contribution in [1.82, 2.24) is 4.31 Å². The number of amides is 1. The van der Waals surface area contributed by atoms with E-state index < -0.39 is 47.1 Å². The largest absolute Gasteiger partial charge is 0.389 e. The van der Waals surface area contributed by atoms with Crippen LogP contribution in [0.1, 0.15) is 19.3 Å². The molecule has 1 aliphatic heterocycles. The molecular weight excluding hydrogens is 397 g/mol. The lowest BCUT2D eigenvalue weighted by Gasteiger charge is -2.35. The monoisotopic (exact) mass is 414 g/mol. The fourth-order valence-corrected chi connectivity index (χ4v) is 4.28. The van der Waals surface area contributed by atoms with E-state index in [1.807, 2.05) is 0 Å². The number of ether oxygens (including phenoxy) is 1. The summed E-state index contributed by atoms with van der Waals surface area (Å²) in [5.74, 6) is -1.15. The van der Waals surface area contributed by atoms with Gasteiger partial charge in [0.15, 0.2) is 0 Å². The van der Waals surface area contributed by atoms with Gasteiger partial charge in [0.05, 0.1) is 11.0 Å². The molecule has 0 aliphatic carbocycles. The number of alkyl halides is 3. The minimum absolute atomic E-state index is 0.195. The second-order valence-corrected chi connectivity index (χ2v) is 8.21. The third-order valence-electron chi connectivity index (χ3n) is 3.97. The van der Waals surface area contributed by atoms with Gasteiger partial charge in [-0.1, -0.05) is 11.6 Å². The molecule has 1 amide bonds. The van der Waals surface area contributed by atoms with Crippen molar-refractivity contribution < 1.29 is 31.1 Å². The number of nitrogens with two attached hydrogens (primary N) is 1. The van der Waals surface area contributed by atoms with Crippen molar-refractivity contribution in [2.24, 2.45) is 5.73 Å². The van der Waals surface area contributed by atoms with E-state index in [2.05, 4.69) is 0 Å². The third-order valence-corrected chi connectivity index (χ3v) is 6.12. The molecule has 1 heterocycles. The molecule has 6 nitrogen and oxygen atoms in total. The van der Waals surface area contributed by atoms with Crippen LogP contribution in [0, 0.1) is 0 Å². The van der Waals surface area contributed by atoms with E-state index >= 15 is 0 Å². The van der Waals surface area contributed by atoms with Crippen molar-refractivity contribution in [1.29, 1.82) is 0 Å². The number of sulfonamides is 1. The van der Waals surface area contributed by atoms with E-state index in [0.29, 0.717) is 22.4 Å². The van der Waals surface area contributed by atoms with Crippen LogP contribution >= 0.6 is 11.6 Å². The molecule has 11 heteroatoms. The first-order chi connectivity index (χ1) is 12.0. The molecule has 2 atom stereocenters. The van der Waals surface area contributed by atoms with Crippen molar-refractivity contribution in [2.75, 3.05) is 13.2 Å². The first-order valence-electron chi connectivity index (χ1n) is 7.76. The highest BCUT2D eigenvalue weighted by molar-refractivity contribution is 7.89. The summed E-state index contributed by atoms with van der Waals surface area (Å²) in [4.78, 5) is 11.6. The zero-order valence-electron chi connectivity index (χ0n) is 13.6. The molecule has 0 aromatic heterocycles. The Labute approximate surface area is 154 Å². The van der Waals surface area contributed by atoms with Gasteiger partial charge in [0, 0.05) is 24.6 Å². The number of rotatable bonds is 8. The summed E-state index contributed by atoms with van der Waals surface area (Å²) in [6, 6.07) is 3.46. The fraction of sp³-hybridized carbons (Fsp3) is 0.533. The summed E-state index contributed by atoms with van der Waals surface area (Å²) in [5, 5.41) is 0.293. The molecule has 26 heavy (non-hydrogen) atoms. The second-order valence-electron chi connectivity index (χ2n) is 5.88. The van der Waals surface area contributed by atoms with Gasteiger partial charge in [-0.05, 0) is 37.1 Å². The van der Waals surface area contributed by atoms with E-state index in [9.17, 15) is 26.4 Å². The number of hydrogen-bond donors (Lipinski definition) is 1. The number of benzene rings is 1. The normalized spacial score (nSPS) is 19.2. The van der Waals surface area contributed by atoms with Gasteiger partial charge in [0.1, 0.15) is 6.04 Å². The van der Waals surface area contributed by atoms with Crippen LogP contribution in [-0.2, 0) is 19.6 Å². The minimum Gasteiger partial charge on any atom is -0.377 e. The zero-order valence-corrected chi connectivity index (χ0v) is 15.1. The Morgan fingerprint density at radius 2 is 1.92 bits per heavy atom. The molecule has 1 aliphatic rings. The first-order valence-corrected chi connectivity index (χ1v) is 9.57. The summed E-state index contributed by atoms with van der Waals surface area (Å²) in [6.45, 7) is 0.166. The number of primary amides is 1. The van der Waals surface area contributed by atoms with Gasteiger partial charge in [-0.15, -0.1) is 0 Å². The molecule has 0 saturated carbocycles. The Hall–Kier alpha value is -1.36. The first kappa shape index (κ1) is 20.9. The summed E-state index contributed by atoms with van der Waals surface area (Å²) >= 11 is 5.74. The number of hydrogen-bond acceptors (Lipinski definition) is 4. The Kier molecular flexibility index (Phi) is 6.54. The summed E-state index contributed by atoms with van der Waals surface area (Å²) < 4.78 is 69.5. The quantitative estimate of drug-likeness (QED) is 0.706. The molecule has 1 saturated heterocycles. The molecule has 0 spiro atoms. The zero-order chi connectivity index (χ0) is 19.5. The van der Waals surface area contributed by atoms with E-state index in [-0.39, 0.29) is 11.4 Å². The highest BCUT2D eigenvalue weighted by Gasteiger charge is 2.40. The Balaban J connectivity index is 2.35. The van der Waals surface area contributed by atoms with Gasteiger partial charge < -0.3 is 10.5 Å². The van der Waals surface area contributed by atoms with Crippen molar-refractivity contribution in [3.63, 3.8) is 0 Å². The van der Waals surface area contributed by atoms with Gasteiger partial charge in [0.25, 0.3) is 0 Å². The van der Waals surface area contributed by atoms with Crippen LogP contribution in [0.5, 0.6) is 0 Å². The molecule has 1 fully saturated rings. The highest BCUT2D eigenvalue weighted by atomic mass is 35.5. The Morgan fingerprint density at radius 1 is 1.35 bits per heavy atom. The van der Waals surface area contributed by atoms with Crippen LogP contribution in [0.25, 0.3) is 0 Å². The van der Waals surface area contributed by atoms with Gasteiger partial charge in [-0.2, -0.15) is 17.5 Å². The lowest BCUT2D eigenvalue weighted by atomic mass is 10.1. The third kappa shape index (κ3) is 5.32. The molecule has 0 radical (unpaired) electrons. The number of nitrogens with zero attached hydrogens (tertiary/aromatic N) is 1. The smallest absolute Gasteiger partial charge is 0.377 e. The standard InChI is InChI=1S/C15H18ClF3N2O4S/c16-10-1-3-12(4-2-10)26(23,24)21(9-11-6-8-25-11)13(14(20)22)5-7-15(17,18)19/h1-4,11,13H,5-9H2,(H2,20,22)/t11-,13-/m1/s1. The van der Waals surface area contributed by atoms with E-state index in [0.717, 1.165) is 0 Å². The average molecular weight is 415 g/mol. The molecule has 146 valence electrons. The van der Waals surface area contributed by atoms with Crippen molar-refractivity contribution in [3.8, 4) is 0 Å². The van der Waals surface area contributed by atoms with E-state index in [1.54, 1.807) is 0 Å². The van der Waals surface area contributed by atoms with Gasteiger partial charge in [-0.3, -0.25) is 4.79 Å². The molecule has 0 unspecified atom stereocenters. The number of halogens is 4. The highest BCUT2D eigenvalue weighted by Crippen LogP contribution is 2.28. The second kappa shape index (κ2) is 8.12. The van der Waals surface area contributed by atoms with Crippen LogP contribution in [0.2, 0.25) is 5.02 Å². The summed E-state index contributed by atoms with van der Waals surface area (Å²) in [7, 11) is -4.27. The molecule has 1 aromatic rings. The van der Waals surface area contributed by atoms with Crippen LogP contribution < -0.4 is 5.73 Å². The molecular formula is C15H18ClF3N2O4S. The Morgan fingerprint density at radius 3 is 2.35 bits per heavy atom. The lowest BCUT2D eigenvalue weighted by Crippen LogP contribution is -2.52. The van der Waals surface area contributed by atoms with Gasteiger partial charge in [0.2, 0.25) is 15.9 Å². The van der Waals surface area contributed by atoms with Crippen LogP contribution in [-0.4, -0.2) is 50.1 Å². The minimum atomic E-state index is -4.55. The predicted octanol–water partition coefficient (Wildman–Crippen LogP) is 2.32. The van der Waals surface area contributed by atoms with Gasteiger partial charge >= 0.3 is 6.18 Å². The number of carbonyl (C=O) groups is 1. The van der Waals surface area contributed by atoms with E-state index in [1.165, 1.54) is 24.3 Å². The summed E-state index contributed by atoms with van der Waals surface area (Å²) in [6.07, 6.45) is -6.60. The van der Waals surface area contributed by atoms with Crippen molar-refractivity contribution in [2.45, 2.75) is 42.5 Å². The molecule has 2 N–H and O–H groups in total. The maximum Gasteiger partial charge on any atom is 0.389 e. The lowest BCUT2D eigenvalue weighted by molar-refractivity contribution is -0.141. The molecule has 2 rings (SSSR count). The maximum absolute atomic E-state index is 12.9. The van der Waals surface area contributed by atoms with E-state index in [4.69, 9.17) is 22.1 Å². The fourth-order valence-electron chi connectivity index (χ4n) is 2.49. The average Bonchev–Trinajstić information content (AvgIpc) is 2.47.